The number of hydrogen-bond acceptors (Lipinski definition) is 1. The molecule has 0 saturated carbocycles. The molecule has 0 amide bonds. The van der Waals surface area contributed by atoms with Gasteiger partial charge >= 0.3 is 0 Å². The summed E-state index contributed by atoms with van der Waals surface area (Å²) in [6, 6.07) is 19.4. The normalized spacial score (nSPS) is 10.8. The first-order chi connectivity index (χ1) is 7.84. The van der Waals surface area contributed by atoms with E-state index in [9.17, 15) is 0 Å². The number of fused-ring (bicyclic) bond motifs is 1. The van der Waals surface area contributed by atoms with Crippen molar-refractivity contribution >= 4 is 22.1 Å². The molecule has 1 heterocycles. The Morgan fingerprint density at radius 1 is 0.812 bits per heavy atom. The molecule has 0 atom stereocenters. The summed E-state index contributed by atoms with van der Waals surface area (Å²) in [7, 11) is 0. The topological polar surface area (TPSA) is 0 Å². The van der Waals surface area contributed by atoms with Gasteiger partial charge in [-0.1, -0.05) is 42.5 Å². The van der Waals surface area contributed by atoms with Gasteiger partial charge in [-0.2, -0.15) is 0 Å². The van der Waals surface area contributed by atoms with E-state index in [2.05, 4.69) is 61.5 Å². The van der Waals surface area contributed by atoms with Gasteiger partial charge in [0.25, 0.3) is 0 Å². The summed E-state index contributed by atoms with van der Waals surface area (Å²) in [6.45, 7) is 2.15. The molecule has 0 aliphatic carbocycles. The molecule has 1 aromatic heterocycles. The van der Waals surface area contributed by atoms with Crippen molar-refractivity contribution in [1.29, 1.82) is 0 Å². The van der Waals surface area contributed by atoms with Crippen LogP contribution in [0.3, 0.4) is 0 Å². The maximum Gasteiger partial charge on any atom is 0.0351 e. The van der Waals surface area contributed by atoms with Crippen LogP contribution in [-0.4, -0.2) is 0 Å². The summed E-state index contributed by atoms with van der Waals surface area (Å²) < 4.78 is 0. The van der Waals surface area contributed by atoms with Gasteiger partial charge in [-0.3, -0.25) is 0 Å². The molecular formula is C15H12S. The fourth-order valence-electron chi connectivity index (χ4n) is 2.02. The van der Waals surface area contributed by atoms with Gasteiger partial charge in [0.05, 0.1) is 0 Å². The minimum absolute atomic E-state index is 1.31. The molecule has 0 nitrogen and oxygen atoms in total. The summed E-state index contributed by atoms with van der Waals surface area (Å²) in [5.41, 5.74) is 1.34. The van der Waals surface area contributed by atoms with E-state index >= 15 is 0 Å². The molecule has 3 rings (SSSR count). The van der Waals surface area contributed by atoms with Crippen molar-refractivity contribution in [2.75, 3.05) is 0 Å². The maximum atomic E-state index is 2.21. The van der Waals surface area contributed by atoms with Crippen LogP contribution < -0.4 is 0 Å². The smallest absolute Gasteiger partial charge is 0.0351 e. The van der Waals surface area contributed by atoms with Crippen LogP contribution in [-0.2, 0) is 0 Å². The van der Waals surface area contributed by atoms with Gasteiger partial charge in [-0.05, 0) is 35.4 Å². The summed E-state index contributed by atoms with van der Waals surface area (Å²) >= 11 is 1.86. The highest BCUT2D eigenvalue weighted by Crippen LogP contribution is 2.33. The van der Waals surface area contributed by atoms with E-state index in [0.717, 1.165) is 0 Å². The van der Waals surface area contributed by atoms with Crippen molar-refractivity contribution in [1.82, 2.24) is 0 Å². The van der Waals surface area contributed by atoms with E-state index in [1.54, 1.807) is 0 Å². The SMILES string of the molecule is Cc1ccc(-c2cccc3ccccc23)s1. The van der Waals surface area contributed by atoms with E-state index < -0.39 is 0 Å². The van der Waals surface area contributed by atoms with Gasteiger partial charge in [0.15, 0.2) is 0 Å². The van der Waals surface area contributed by atoms with Gasteiger partial charge in [0, 0.05) is 9.75 Å². The largest absolute Gasteiger partial charge is 0.141 e. The van der Waals surface area contributed by atoms with E-state index in [-0.39, 0.29) is 0 Å². The van der Waals surface area contributed by atoms with Crippen LogP contribution in [0.5, 0.6) is 0 Å². The minimum Gasteiger partial charge on any atom is -0.141 e. The average Bonchev–Trinajstić information content (AvgIpc) is 2.75. The molecule has 16 heavy (non-hydrogen) atoms. The molecule has 0 spiro atoms. The van der Waals surface area contributed by atoms with Crippen molar-refractivity contribution in [3.8, 4) is 10.4 Å². The highest BCUT2D eigenvalue weighted by Gasteiger charge is 2.04. The van der Waals surface area contributed by atoms with E-state index in [0.29, 0.717) is 0 Å². The summed E-state index contributed by atoms with van der Waals surface area (Å²) in [5, 5.41) is 2.65. The lowest BCUT2D eigenvalue weighted by atomic mass is 10.0. The second kappa shape index (κ2) is 3.76. The van der Waals surface area contributed by atoms with Crippen LogP contribution in [0.1, 0.15) is 4.88 Å². The fraction of sp³-hybridized carbons (Fsp3) is 0.0667. The van der Waals surface area contributed by atoms with Crippen LogP contribution in [0.4, 0.5) is 0 Å². The first kappa shape index (κ1) is 9.61. The Bertz CT molecular complexity index is 629. The van der Waals surface area contributed by atoms with E-state index in [1.165, 1.54) is 26.1 Å². The number of benzene rings is 2. The molecule has 0 N–H and O–H groups in total. The highest BCUT2D eigenvalue weighted by atomic mass is 32.1. The van der Waals surface area contributed by atoms with Crippen LogP contribution >= 0.6 is 11.3 Å². The second-order valence-corrected chi connectivity index (χ2v) is 5.22. The first-order valence-corrected chi connectivity index (χ1v) is 6.21. The molecule has 0 bridgehead atoms. The Morgan fingerprint density at radius 2 is 1.62 bits per heavy atom. The molecule has 0 unspecified atom stereocenters. The maximum absolute atomic E-state index is 2.21. The lowest BCUT2D eigenvalue weighted by molar-refractivity contribution is 1.64. The van der Waals surface area contributed by atoms with Crippen molar-refractivity contribution in [3.63, 3.8) is 0 Å². The fourth-order valence-corrected chi connectivity index (χ4v) is 2.93. The average molecular weight is 224 g/mol. The Kier molecular flexibility index (Phi) is 2.26. The Hall–Kier alpha value is -1.60. The number of aryl methyl sites for hydroxylation is 1. The Morgan fingerprint density at radius 3 is 2.44 bits per heavy atom. The lowest BCUT2D eigenvalue weighted by Gasteiger charge is -2.03. The van der Waals surface area contributed by atoms with Gasteiger partial charge in [0.2, 0.25) is 0 Å². The predicted octanol–water partition coefficient (Wildman–Crippen LogP) is 4.88. The summed E-state index contributed by atoms with van der Waals surface area (Å²) in [4.78, 5) is 2.72. The molecular weight excluding hydrogens is 212 g/mol. The van der Waals surface area contributed by atoms with Crippen LogP contribution in [0.15, 0.2) is 54.6 Å². The molecule has 78 valence electrons. The van der Waals surface area contributed by atoms with Gasteiger partial charge in [-0.15, -0.1) is 11.3 Å². The minimum atomic E-state index is 1.31. The predicted molar refractivity (Wildman–Crippen MR) is 72.0 cm³/mol. The number of rotatable bonds is 1. The second-order valence-electron chi connectivity index (χ2n) is 3.94. The van der Waals surface area contributed by atoms with Crippen molar-refractivity contribution in [2.24, 2.45) is 0 Å². The molecule has 0 fully saturated rings. The zero-order chi connectivity index (χ0) is 11.0. The third-order valence-corrected chi connectivity index (χ3v) is 3.83. The van der Waals surface area contributed by atoms with Crippen LogP contribution in [0.25, 0.3) is 21.2 Å². The van der Waals surface area contributed by atoms with Crippen LogP contribution in [0, 0.1) is 6.92 Å². The van der Waals surface area contributed by atoms with E-state index in [4.69, 9.17) is 0 Å². The zero-order valence-corrected chi connectivity index (χ0v) is 9.92. The molecule has 1 heteroatoms. The first-order valence-electron chi connectivity index (χ1n) is 5.39. The third kappa shape index (κ3) is 1.54. The number of hydrogen-bond donors (Lipinski definition) is 0. The number of thiophene rings is 1. The van der Waals surface area contributed by atoms with E-state index in [1.807, 2.05) is 11.3 Å². The molecule has 3 aromatic rings. The third-order valence-electron chi connectivity index (χ3n) is 2.80. The quantitative estimate of drug-likeness (QED) is 0.553. The van der Waals surface area contributed by atoms with Gasteiger partial charge in [0.1, 0.15) is 0 Å². The van der Waals surface area contributed by atoms with Crippen molar-refractivity contribution < 1.29 is 0 Å². The summed E-state index contributed by atoms with van der Waals surface area (Å²) in [6.07, 6.45) is 0. The zero-order valence-electron chi connectivity index (χ0n) is 9.10. The monoisotopic (exact) mass is 224 g/mol. The van der Waals surface area contributed by atoms with Gasteiger partial charge in [-0.25, -0.2) is 0 Å². The summed E-state index contributed by atoms with van der Waals surface area (Å²) in [5.74, 6) is 0. The van der Waals surface area contributed by atoms with Crippen LogP contribution in [0.2, 0.25) is 0 Å². The standard InChI is InChI=1S/C15H12S/c1-11-9-10-15(16-11)14-8-4-6-12-5-2-3-7-13(12)14/h2-10H,1H3. The van der Waals surface area contributed by atoms with Crippen molar-refractivity contribution in [3.05, 3.63) is 59.5 Å². The molecule has 0 aliphatic heterocycles. The Balaban J connectivity index is 2.31. The lowest BCUT2D eigenvalue weighted by Crippen LogP contribution is -1.76. The Labute approximate surface area is 99.2 Å². The molecule has 2 aromatic carbocycles. The molecule has 0 aliphatic rings. The van der Waals surface area contributed by atoms with Crippen molar-refractivity contribution in [2.45, 2.75) is 6.92 Å². The molecule has 0 radical (unpaired) electrons. The van der Waals surface area contributed by atoms with Gasteiger partial charge < -0.3 is 0 Å². The highest BCUT2D eigenvalue weighted by molar-refractivity contribution is 7.15. The molecule has 0 saturated heterocycles.